The van der Waals surface area contributed by atoms with Gasteiger partial charge in [0.1, 0.15) is 9.92 Å². The zero-order chi connectivity index (χ0) is 23.4. The molecule has 3 heterocycles. The molecule has 0 spiro atoms. The lowest BCUT2D eigenvalue weighted by molar-refractivity contribution is 0.0718. The van der Waals surface area contributed by atoms with Crippen LogP contribution in [0.25, 0.3) is 11.0 Å². The largest absolute Gasteiger partial charge is 0.451 e. The van der Waals surface area contributed by atoms with Gasteiger partial charge in [0.05, 0.1) is 6.61 Å². The van der Waals surface area contributed by atoms with E-state index in [-0.39, 0.29) is 17.9 Å². The number of aryl methyl sites for hydroxylation is 1. The second-order valence-corrected chi connectivity index (χ2v) is 10.6. The molecule has 2 amide bonds. The van der Waals surface area contributed by atoms with Crippen molar-refractivity contribution in [2.45, 2.75) is 37.3 Å². The average Bonchev–Trinajstić information content (AvgIpc) is 3.29. The van der Waals surface area contributed by atoms with Crippen LogP contribution in [0.3, 0.4) is 0 Å². The van der Waals surface area contributed by atoms with Gasteiger partial charge >= 0.3 is 6.09 Å². The van der Waals surface area contributed by atoms with Gasteiger partial charge in [0.2, 0.25) is 0 Å². The number of thiazole rings is 1. The van der Waals surface area contributed by atoms with Crippen molar-refractivity contribution in [2.24, 2.45) is 5.92 Å². The number of ether oxygens (including phenoxy) is 1. The first-order valence-electron chi connectivity index (χ1n) is 11.2. The molecule has 4 rings (SSSR count). The molecular weight excluding hydrogens is 458 g/mol. The standard InChI is InChI=1S/C24H29N3O4S2/c1-16(2)13-30-24(29)27-10-6-9-26(11-12-27)22(28)21-19(15-33-23-25-17(3)14-32-23)18-7-4-5-8-20(18)31-21/h4-5,7-8,14,16H,6,9-13,15H2,1-3H3. The van der Waals surface area contributed by atoms with Crippen LogP contribution < -0.4 is 0 Å². The maximum absolute atomic E-state index is 13.5. The number of benzene rings is 1. The zero-order valence-electron chi connectivity index (χ0n) is 19.2. The minimum atomic E-state index is -0.308. The first-order valence-corrected chi connectivity index (χ1v) is 13.0. The highest BCUT2D eigenvalue weighted by Gasteiger charge is 2.28. The molecule has 0 bridgehead atoms. The summed E-state index contributed by atoms with van der Waals surface area (Å²) in [6, 6.07) is 7.75. The molecule has 33 heavy (non-hydrogen) atoms. The van der Waals surface area contributed by atoms with E-state index in [2.05, 4.69) is 4.98 Å². The summed E-state index contributed by atoms with van der Waals surface area (Å²) in [4.78, 5) is 33.9. The first kappa shape index (κ1) is 23.6. The van der Waals surface area contributed by atoms with Crippen LogP contribution in [-0.2, 0) is 10.5 Å². The van der Waals surface area contributed by atoms with Gasteiger partial charge in [0, 0.05) is 54.0 Å². The summed E-state index contributed by atoms with van der Waals surface area (Å²) >= 11 is 3.22. The van der Waals surface area contributed by atoms with Crippen LogP contribution >= 0.6 is 23.1 Å². The summed E-state index contributed by atoms with van der Waals surface area (Å²) in [7, 11) is 0. The molecule has 1 aromatic carbocycles. The molecule has 176 valence electrons. The number of fused-ring (bicyclic) bond motifs is 1. The van der Waals surface area contributed by atoms with Crippen molar-refractivity contribution in [3.8, 4) is 0 Å². The summed E-state index contributed by atoms with van der Waals surface area (Å²) in [6.45, 7) is 8.44. The van der Waals surface area contributed by atoms with Crippen molar-refractivity contribution in [1.82, 2.24) is 14.8 Å². The van der Waals surface area contributed by atoms with E-state index in [1.54, 1.807) is 32.9 Å². The van der Waals surface area contributed by atoms with Gasteiger partial charge in [-0.15, -0.1) is 11.3 Å². The molecule has 1 aliphatic rings. The smallest absolute Gasteiger partial charge is 0.409 e. The lowest BCUT2D eigenvalue weighted by atomic mass is 10.1. The third-order valence-corrected chi connectivity index (χ3v) is 7.58. The van der Waals surface area contributed by atoms with Gasteiger partial charge in [-0.3, -0.25) is 4.79 Å². The second kappa shape index (κ2) is 10.6. The minimum absolute atomic E-state index is 0.130. The number of aromatic nitrogens is 1. The Morgan fingerprint density at radius 3 is 2.70 bits per heavy atom. The molecule has 7 nitrogen and oxygen atoms in total. The number of thioether (sulfide) groups is 1. The van der Waals surface area contributed by atoms with Crippen molar-refractivity contribution in [3.63, 3.8) is 0 Å². The second-order valence-electron chi connectivity index (χ2n) is 8.55. The number of para-hydroxylation sites is 1. The van der Waals surface area contributed by atoms with Crippen LogP contribution in [-0.4, -0.2) is 59.6 Å². The van der Waals surface area contributed by atoms with E-state index in [1.165, 1.54) is 0 Å². The fourth-order valence-corrected chi connectivity index (χ4v) is 5.60. The van der Waals surface area contributed by atoms with E-state index in [0.29, 0.717) is 56.3 Å². The van der Waals surface area contributed by atoms with Crippen LogP contribution in [0.15, 0.2) is 38.4 Å². The molecule has 9 heteroatoms. The van der Waals surface area contributed by atoms with Crippen LogP contribution in [0.4, 0.5) is 4.79 Å². The minimum Gasteiger partial charge on any atom is -0.451 e. The Morgan fingerprint density at radius 1 is 1.18 bits per heavy atom. The number of rotatable bonds is 6. The van der Waals surface area contributed by atoms with Crippen molar-refractivity contribution < 1.29 is 18.7 Å². The van der Waals surface area contributed by atoms with Crippen molar-refractivity contribution >= 4 is 46.1 Å². The molecule has 0 radical (unpaired) electrons. The number of amides is 2. The lowest BCUT2D eigenvalue weighted by Gasteiger charge is -2.22. The van der Waals surface area contributed by atoms with Crippen LogP contribution in [0.2, 0.25) is 0 Å². The average molecular weight is 488 g/mol. The van der Waals surface area contributed by atoms with Gasteiger partial charge in [-0.25, -0.2) is 9.78 Å². The zero-order valence-corrected chi connectivity index (χ0v) is 20.8. The molecule has 1 fully saturated rings. The van der Waals surface area contributed by atoms with Gasteiger partial charge in [0.15, 0.2) is 5.76 Å². The Balaban J connectivity index is 1.49. The molecule has 1 saturated heterocycles. The molecule has 3 aromatic rings. The number of hydrogen-bond acceptors (Lipinski definition) is 7. The predicted octanol–water partition coefficient (Wildman–Crippen LogP) is 5.43. The van der Waals surface area contributed by atoms with Gasteiger partial charge in [-0.1, -0.05) is 43.8 Å². The molecule has 2 aromatic heterocycles. The summed E-state index contributed by atoms with van der Waals surface area (Å²) in [5.74, 6) is 1.14. The third-order valence-electron chi connectivity index (χ3n) is 5.41. The number of hydrogen-bond donors (Lipinski definition) is 0. The van der Waals surface area contributed by atoms with Gasteiger partial charge in [-0.2, -0.15) is 0 Å². The highest BCUT2D eigenvalue weighted by molar-refractivity contribution is 8.00. The summed E-state index contributed by atoms with van der Waals surface area (Å²) in [5, 5.41) is 2.98. The summed E-state index contributed by atoms with van der Waals surface area (Å²) in [5.41, 5.74) is 2.60. The molecule has 0 saturated carbocycles. The van der Waals surface area contributed by atoms with E-state index < -0.39 is 0 Å². The van der Waals surface area contributed by atoms with Crippen molar-refractivity contribution in [2.75, 3.05) is 32.8 Å². The predicted molar refractivity (Wildman–Crippen MR) is 131 cm³/mol. The Labute approximate surface area is 202 Å². The van der Waals surface area contributed by atoms with Crippen LogP contribution in [0, 0.1) is 12.8 Å². The Hall–Kier alpha value is -2.52. The molecule has 1 aliphatic heterocycles. The monoisotopic (exact) mass is 487 g/mol. The number of nitrogens with zero attached hydrogens (tertiary/aromatic N) is 3. The van der Waals surface area contributed by atoms with Gasteiger partial charge in [-0.05, 0) is 25.3 Å². The molecule has 0 aliphatic carbocycles. The topological polar surface area (TPSA) is 75.9 Å². The van der Waals surface area contributed by atoms with E-state index in [1.807, 2.05) is 50.4 Å². The lowest BCUT2D eigenvalue weighted by Crippen LogP contribution is -2.38. The molecule has 0 atom stereocenters. The SMILES string of the molecule is Cc1csc(SCc2c(C(=O)N3CCCN(C(=O)OCC(C)C)CC3)oc3ccccc23)n1. The summed E-state index contributed by atoms with van der Waals surface area (Å²) < 4.78 is 12.4. The van der Waals surface area contributed by atoms with Crippen LogP contribution in [0.1, 0.15) is 42.1 Å². The van der Waals surface area contributed by atoms with E-state index in [0.717, 1.165) is 21.0 Å². The highest BCUT2D eigenvalue weighted by atomic mass is 32.2. The Kier molecular flexibility index (Phi) is 7.60. The van der Waals surface area contributed by atoms with E-state index in [4.69, 9.17) is 9.15 Å². The van der Waals surface area contributed by atoms with Gasteiger partial charge < -0.3 is 19.0 Å². The molecular formula is C24H29N3O4S2. The third kappa shape index (κ3) is 5.70. The van der Waals surface area contributed by atoms with E-state index in [9.17, 15) is 9.59 Å². The number of carbonyl (C=O) groups is 2. The maximum atomic E-state index is 13.5. The first-order chi connectivity index (χ1) is 15.9. The van der Waals surface area contributed by atoms with Crippen molar-refractivity contribution in [3.05, 3.63) is 46.7 Å². The quantitative estimate of drug-likeness (QED) is 0.432. The fourth-order valence-electron chi connectivity index (χ4n) is 3.72. The number of carbonyl (C=O) groups excluding carboxylic acids is 2. The van der Waals surface area contributed by atoms with Crippen LogP contribution in [0.5, 0.6) is 0 Å². The Bertz CT molecular complexity index is 1120. The van der Waals surface area contributed by atoms with Gasteiger partial charge in [0.25, 0.3) is 5.91 Å². The van der Waals surface area contributed by atoms with Crippen molar-refractivity contribution in [1.29, 1.82) is 0 Å². The number of furan rings is 1. The maximum Gasteiger partial charge on any atom is 0.409 e. The van der Waals surface area contributed by atoms with E-state index >= 15 is 0 Å². The normalized spacial score (nSPS) is 14.7. The molecule has 0 N–H and O–H groups in total. The summed E-state index contributed by atoms with van der Waals surface area (Å²) in [6.07, 6.45) is 0.392. The fraction of sp³-hybridized carbons (Fsp3) is 0.458. The highest BCUT2D eigenvalue weighted by Crippen LogP contribution is 2.34. The Morgan fingerprint density at radius 2 is 1.94 bits per heavy atom. The molecule has 0 unspecified atom stereocenters.